The van der Waals surface area contributed by atoms with Gasteiger partial charge in [0.15, 0.2) is 17.2 Å². The number of nitrogens with zero attached hydrogens (tertiary/aromatic N) is 2. The third kappa shape index (κ3) is 3.75. The van der Waals surface area contributed by atoms with E-state index in [4.69, 9.17) is 38.4 Å². The molecule has 0 saturated heterocycles. The predicted molar refractivity (Wildman–Crippen MR) is 135 cm³/mol. The fourth-order valence-corrected chi connectivity index (χ4v) is 5.08. The van der Waals surface area contributed by atoms with E-state index in [-0.39, 0.29) is 23.4 Å². The molecule has 8 nitrogen and oxygen atoms in total. The summed E-state index contributed by atoms with van der Waals surface area (Å²) >= 11 is 12.2. The highest BCUT2D eigenvalue weighted by molar-refractivity contribution is 6.37. The summed E-state index contributed by atoms with van der Waals surface area (Å²) in [5, 5.41) is 8.17. The molecule has 0 fully saturated rings. The van der Waals surface area contributed by atoms with Gasteiger partial charge in [-0.2, -0.15) is 5.10 Å². The molecule has 0 atom stereocenters. The van der Waals surface area contributed by atoms with Crippen molar-refractivity contribution in [3.8, 4) is 28.4 Å². The molecule has 2 aliphatic rings. The van der Waals surface area contributed by atoms with Gasteiger partial charge in [-0.3, -0.25) is 9.59 Å². The number of benzene rings is 3. The second-order valence-electron chi connectivity index (χ2n) is 8.44. The smallest absolute Gasteiger partial charge is 0.269 e. The van der Waals surface area contributed by atoms with E-state index >= 15 is 0 Å². The molecule has 0 spiro atoms. The molecule has 3 aromatic carbocycles. The number of rotatable bonds is 4. The van der Waals surface area contributed by atoms with Crippen molar-refractivity contribution in [1.82, 2.24) is 9.78 Å². The highest BCUT2D eigenvalue weighted by Crippen LogP contribution is 2.40. The Bertz CT molecular complexity index is 1580. The third-order valence-electron chi connectivity index (χ3n) is 6.26. The molecule has 1 aliphatic carbocycles. The van der Waals surface area contributed by atoms with E-state index in [0.717, 1.165) is 22.4 Å². The van der Waals surface area contributed by atoms with Gasteiger partial charge in [-0.15, -0.1) is 0 Å². The van der Waals surface area contributed by atoms with Gasteiger partial charge in [0.1, 0.15) is 0 Å². The highest BCUT2D eigenvalue weighted by Gasteiger charge is 2.29. The van der Waals surface area contributed by atoms with Crippen LogP contribution in [0.25, 0.3) is 16.9 Å². The maximum Gasteiger partial charge on any atom is 0.269 e. The van der Waals surface area contributed by atoms with Gasteiger partial charge in [0.25, 0.3) is 11.8 Å². The van der Waals surface area contributed by atoms with E-state index in [9.17, 15) is 9.59 Å². The number of anilines is 1. The molecule has 2 amide bonds. The summed E-state index contributed by atoms with van der Waals surface area (Å²) < 4.78 is 12.6. The van der Waals surface area contributed by atoms with Crippen molar-refractivity contribution < 1.29 is 19.1 Å². The zero-order valence-electron chi connectivity index (χ0n) is 18.7. The van der Waals surface area contributed by atoms with Gasteiger partial charge in [-0.05, 0) is 60.9 Å². The van der Waals surface area contributed by atoms with Gasteiger partial charge in [0, 0.05) is 27.9 Å². The molecule has 180 valence electrons. The second kappa shape index (κ2) is 8.58. The number of carbonyl (C=O) groups excluding carboxylic acids is 2. The molecule has 0 unspecified atom stereocenters. The van der Waals surface area contributed by atoms with Crippen LogP contribution >= 0.6 is 23.2 Å². The first-order valence-electron chi connectivity index (χ1n) is 11.1. The molecule has 36 heavy (non-hydrogen) atoms. The van der Waals surface area contributed by atoms with Crippen LogP contribution < -0.4 is 20.5 Å². The van der Waals surface area contributed by atoms with Crippen molar-refractivity contribution in [3.63, 3.8) is 0 Å². The number of fused-ring (bicyclic) bond motifs is 4. The summed E-state index contributed by atoms with van der Waals surface area (Å²) in [7, 11) is 0. The van der Waals surface area contributed by atoms with Gasteiger partial charge >= 0.3 is 0 Å². The van der Waals surface area contributed by atoms with Crippen LogP contribution in [0, 0.1) is 0 Å². The fraction of sp³-hybridized carbons (Fsp3) is 0.115. The number of hydrogen-bond donors (Lipinski definition) is 2. The van der Waals surface area contributed by atoms with Gasteiger partial charge in [0.05, 0.1) is 22.0 Å². The summed E-state index contributed by atoms with van der Waals surface area (Å²) in [6, 6.07) is 15.8. The number of nitrogens with two attached hydrogens (primary N) is 1. The number of carbonyl (C=O) groups is 2. The zero-order chi connectivity index (χ0) is 25.0. The molecule has 0 radical (unpaired) electrons. The Kier molecular flexibility index (Phi) is 5.35. The van der Waals surface area contributed by atoms with Gasteiger partial charge in [0.2, 0.25) is 6.79 Å². The van der Waals surface area contributed by atoms with E-state index in [0.29, 0.717) is 46.3 Å². The fourth-order valence-electron chi connectivity index (χ4n) is 4.59. The predicted octanol–water partition coefficient (Wildman–Crippen LogP) is 5.02. The number of primary amides is 1. The summed E-state index contributed by atoms with van der Waals surface area (Å²) in [6.45, 7) is 0.145. The van der Waals surface area contributed by atoms with Crippen LogP contribution in [0.3, 0.4) is 0 Å². The molecular formula is C26H18Cl2N4O4. The minimum Gasteiger partial charge on any atom is -0.454 e. The molecule has 1 aliphatic heterocycles. The second-order valence-corrected chi connectivity index (χ2v) is 9.28. The Morgan fingerprint density at radius 1 is 0.972 bits per heavy atom. The zero-order valence-corrected chi connectivity index (χ0v) is 20.2. The number of hydrogen-bond acceptors (Lipinski definition) is 5. The molecule has 2 heterocycles. The molecule has 3 N–H and O–H groups in total. The van der Waals surface area contributed by atoms with Gasteiger partial charge in [-0.1, -0.05) is 29.3 Å². The monoisotopic (exact) mass is 520 g/mol. The SMILES string of the molecule is NC(=O)c1nn(-c2ccc3c(c2)OCO3)c2c1CCc1ccc(NC(=O)c3ccc(Cl)cc3Cl)cc1-2. The number of amides is 2. The molecule has 0 saturated carbocycles. The molecular weight excluding hydrogens is 503 g/mol. The highest BCUT2D eigenvalue weighted by atomic mass is 35.5. The molecule has 6 rings (SSSR count). The van der Waals surface area contributed by atoms with E-state index in [1.165, 1.54) is 6.07 Å². The maximum absolute atomic E-state index is 12.9. The van der Waals surface area contributed by atoms with Crippen LogP contribution in [0.2, 0.25) is 10.0 Å². The maximum atomic E-state index is 12.9. The average Bonchev–Trinajstić information content (AvgIpc) is 3.48. The summed E-state index contributed by atoms with van der Waals surface area (Å²) in [5.74, 6) is 0.265. The molecule has 0 bridgehead atoms. The first kappa shape index (κ1) is 22.5. The van der Waals surface area contributed by atoms with Crippen LogP contribution in [0.15, 0.2) is 54.6 Å². The van der Waals surface area contributed by atoms with Crippen LogP contribution in [0.1, 0.15) is 32.0 Å². The van der Waals surface area contributed by atoms with Gasteiger partial charge in [-0.25, -0.2) is 4.68 Å². The van der Waals surface area contributed by atoms with Crippen molar-refractivity contribution in [3.05, 3.63) is 87.0 Å². The Labute approximate surface area is 215 Å². The summed E-state index contributed by atoms with van der Waals surface area (Å²) in [5.41, 5.74) is 10.9. The lowest BCUT2D eigenvalue weighted by molar-refractivity contribution is 0.0992. The van der Waals surface area contributed by atoms with Crippen molar-refractivity contribution in [1.29, 1.82) is 0 Å². The Morgan fingerprint density at radius 2 is 1.81 bits per heavy atom. The molecule has 4 aromatic rings. The summed E-state index contributed by atoms with van der Waals surface area (Å²) in [4.78, 5) is 25.2. The number of nitrogens with one attached hydrogen (secondary N) is 1. The van der Waals surface area contributed by atoms with E-state index < -0.39 is 5.91 Å². The lowest BCUT2D eigenvalue weighted by Gasteiger charge is -2.20. The quantitative estimate of drug-likeness (QED) is 0.392. The topological polar surface area (TPSA) is 108 Å². The lowest BCUT2D eigenvalue weighted by atomic mass is 9.88. The minimum atomic E-state index is -0.601. The number of aryl methyl sites for hydroxylation is 1. The number of halogens is 2. The summed E-state index contributed by atoms with van der Waals surface area (Å²) in [6.07, 6.45) is 1.31. The van der Waals surface area contributed by atoms with Crippen molar-refractivity contribution >= 4 is 40.7 Å². The van der Waals surface area contributed by atoms with Crippen molar-refractivity contribution in [2.45, 2.75) is 12.8 Å². The van der Waals surface area contributed by atoms with Crippen LogP contribution in [0.4, 0.5) is 5.69 Å². The average molecular weight is 521 g/mol. The third-order valence-corrected chi connectivity index (χ3v) is 6.81. The van der Waals surface area contributed by atoms with Crippen LogP contribution in [0.5, 0.6) is 11.5 Å². The minimum absolute atomic E-state index is 0.145. The largest absolute Gasteiger partial charge is 0.454 e. The standard InChI is InChI=1S/C26H18Cl2N4O4/c27-14-3-7-17(20(28)9-14)26(34)30-15-4-1-13-2-6-18-23(25(29)33)31-32(24(18)19(13)10-15)16-5-8-21-22(11-16)36-12-35-21/h1,3-5,7-11H,2,6,12H2,(H2,29,33)(H,30,34). The van der Waals surface area contributed by atoms with E-state index in [1.54, 1.807) is 22.9 Å². The Balaban J connectivity index is 1.44. The Morgan fingerprint density at radius 3 is 2.61 bits per heavy atom. The van der Waals surface area contributed by atoms with Crippen LogP contribution in [-0.4, -0.2) is 28.4 Å². The van der Waals surface area contributed by atoms with Crippen molar-refractivity contribution in [2.24, 2.45) is 5.73 Å². The number of aromatic nitrogens is 2. The first-order valence-corrected chi connectivity index (χ1v) is 11.9. The molecule has 10 heteroatoms. The van der Waals surface area contributed by atoms with Gasteiger partial charge < -0.3 is 20.5 Å². The Hall–Kier alpha value is -4.01. The lowest BCUT2D eigenvalue weighted by Crippen LogP contribution is -2.15. The normalized spacial score (nSPS) is 13.2. The first-order chi connectivity index (χ1) is 17.4. The number of ether oxygens (including phenoxy) is 2. The van der Waals surface area contributed by atoms with E-state index in [1.807, 2.05) is 30.3 Å². The van der Waals surface area contributed by atoms with Crippen molar-refractivity contribution in [2.75, 3.05) is 12.1 Å². The van der Waals surface area contributed by atoms with E-state index in [2.05, 4.69) is 10.4 Å². The molecule has 1 aromatic heterocycles. The van der Waals surface area contributed by atoms with Crippen LogP contribution in [-0.2, 0) is 12.8 Å².